The molecule has 25 heavy (non-hydrogen) atoms. The van der Waals surface area contributed by atoms with E-state index < -0.39 is 5.91 Å². The first-order chi connectivity index (χ1) is 11.9. The zero-order valence-corrected chi connectivity index (χ0v) is 15.4. The predicted molar refractivity (Wildman–Crippen MR) is 103 cm³/mol. The molecule has 0 aliphatic rings. The maximum absolute atomic E-state index is 12.2. The van der Waals surface area contributed by atoms with Crippen LogP contribution < -0.4 is 5.73 Å². The van der Waals surface area contributed by atoms with Crippen molar-refractivity contribution in [1.82, 2.24) is 4.57 Å². The predicted octanol–water partition coefficient (Wildman–Crippen LogP) is 4.88. The van der Waals surface area contributed by atoms with Gasteiger partial charge in [0.25, 0.3) is 5.91 Å². The summed E-state index contributed by atoms with van der Waals surface area (Å²) in [4.78, 5) is 12.2. The second-order valence-corrected chi connectivity index (χ2v) is 6.75. The molecule has 1 aromatic heterocycles. The Morgan fingerprint density at radius 3 is 2.40 bits per heavy atom. The summed E-state index contributed by atoms with van der Waals surface area (Å²) in [5, 5.41) is 0.703. The van der Waals surface area contributed by atoms with E-state index in [0.717, 1.165) is 33.6 Å². The maximum atomic E-state index is 12.2. The Hall–Kier alpha value is -2.52. The zero-order valence-electron chi connectivity index (χ0n) is 14.6. The lowest BCUT2D eigenvalue weighted by Crippen LogP contribution is -2.13. The summed E-state index contributed by atoms with van der Waals surface area (Å²) in [5.41, 5.74) is 12.4. The molecule has 0 spiro atoms. The van der Waals surface area contributed by atoms with E-state index in [4.69, 9.17) is 17.3 Å². The van der Waals surface area contributed by atoms with Crippen LogP contribution in [-0.4, -0.2) is 10.5 Å². The third kappa shape index (κ3) is 3.20. The quantitative estimate of drug-likeness (QED) is 0.714. The molecule has 0 radical (unpaired) electrons. The highest BCUT2D eigenvalue weighted by atomic mass is 35.5. The topological polar surface area (TPSA) is 48.0 Å². The molecule has 0 aliphatic heterocycles. The highest BCUT2D eigenvalue weighted by Crippen LogP contribution is 2.34. The molecule has 2 aromatic carbocycles. The van der Waals surface area contributed by atoms with Crippen LogP contribution in [-0.2, 0) is 6.54 Å². The van der Waals surface area contributed by atoms with E-state index in [9.17, 15) is 4.79 Å². The fourth-order valence-electron chi connectivity index (χ4n) is 3.42. The van der Waals surface area contributed by atoms with Gasteiger partial charge in [0, 0.05) is 28.5 Å². The van der Waals surface area contributed by atoms with Crippen LogP contribution in [0, 0.1) is 20.8 Å². The fraction of sp³-hybridized carbons (Fsp3) is 0.190. The van der Waals surface area contributed by atoms with Gasteiger partial charge in [0.1, 0.15) is 0 Å². The molecule has 2 N–H and O–H groups in total. The summed E-state index contributed by atoms with van der Waals surface area (Å²) >= 11 is 6.11. The summed E-state index contributed by atoms with van der Waals surface area (Å²) in [6.45, 7) is 6.67. The molecule has 0 saturated carbocycles. The number of nitrogens with two attached hydrogens (primary N) is 1. The Kier molecular flexibility index (Phi) is 4.69. The Labute approximate surface area is 153 Å². The van der Waals surface area contributed by atoms with Crippen molar-refractivity contribution in [3.05, 3.63) is 81.6 Å². The number of aryl methyl sites for hydroxylation is 1. The van der Waals surface area contributed by atoms with Gasteiger partial charge in [0.2, 0.25) is 0 Å². The Morgan fingerprint density at radius 1 is 1.04 bits per heavy atom. The molecule has 0 unspecified atom stereocenters. The van der Waals surface area contributed by atoms with Crippen molar-refractivity contribution in [2.24, 2.45) is 5.73 Å². The summed E-state index contributed by atoms with van der Waals surface area (Å²) in [6, 6.07) is 15.8. The number of rotatable bonds is 4. The minimum Gasteiger partial charge on any atom is -0.366 e. The van der Waals surface area contributed by atoms with E-state index in [2.05, 4.69) is 4.57 Å². The Morgan fingerprint density at radius 2 is 1.76 bits per heavy atom. The smallest absolute Gasteiger partial charge is 0.251 e. The molecule has 0 atom stereocenters. The van der Waals surface area contributed by atoms with E-state index in [0.29, 0.717) is 17.1 Å². The van der Waals surface area contributed by atoms with E-state index in [1.807, 2.05) is 69.3 Å². The molecule has 0 saturated heterocycles. The average Bonchev–Trinajstić information content (AvgIpc) is 2.80. The van der Waals surface area contributed by atoms with Crippen molar-refractivity contribution in [2.75, 3.05) is 0 Å². The first-order valence-electron chi connectivity index (χ1n) is 8.20. The number of aromatic nitrogens is 1. The molecule has 1 heterocycles. The standard InChI is InChI=1S/C21H21ClN2O/c1-13-7-4-5-10-18(13)19-14(2)24(15(3)20(19)21(23)25)12-16-8-6-9-17(22)11-16/h4-11H,12H2,1-3H3,(H2,23,25). The van der Waals surface area contributed by atoms with Crippen molar-refractivity contribution >= 4 is 17.5 Å². The van der Waals surface area contributed by atoms with Crippen molar-refractivity contribution < 1.29 is 4.79 Å². The van der Waals surface area contributed by atoms with E-state index >= 15 is 0 Å². The SMILES string of the molecule is Cc1ccccc1-c1c(C(N)=O)c(C)n(Cc2cccc(Cl)c2)c1C. The van der Waals surface area contributed by atoms with Crippen LogP contribution in [0.2, 0.25) is 5.02 Å². The largest absolute Gasteiger partial charge is 0.366 e. The van der Waals surface area contributed by atoms with Crippen LogP contribution in [0.25, 0.3) is 11.1 Å². The van der Waals surface area contributed by atoms with Gasteiger partial charge < -0.3 is 10.3 Å². The van der Waals surface area contributed by atoms with Gasteiger partial charge in [-0.2, -0.15) is 0 Å². The molecule has 128 valence electrons. The Bertz CT molecular complexity index is 957. The number of carbonyl (C=O) groups excluding carboxylic acids is 1. The molecular weight excluding hydrogens is 332 g/mol. The van der Waals surface area contributed by atoms with E-state index in [1.54, 1.807) is 0 Å². The van der Waals surface area contributed by atoms with Crippen molar-refractivity contribution in [3.8, 4) is 11.1 Å². The number of nitrogens with zero attached hydrogens (tertiary/aromatic N) is 1. The number of hydrogen-bond donors (Lipinski definition) is 1. The second-order valence-electron chi connectivity index (χ2n) is 6.32. The number of amides is 1. The van der Waals surface area contributed by atoms with Crippen LogP contribution in [0.15, 0.2) is 48.5 Å². The van der Waals surface area contributed by atoms with Gasteiger partial charge in [-0.15, -0.1) is 0 Å². The van der Waals surface area contributed by atoms with Gasteiger partial charge in [0.05, 0.1) is 5.56 Å². The van der Waals surface area contributed by atoms with Gasteiger partial charge in [0.15, 0.2) is 0 Å². The van der Waals surface area contributed by atoms with Crippen molar-refractivity contribution in [2.45, 2.75) is 27.3 Å². The third-order valence-corrected chi connectivity index (χ3v) is 4.91. The molecule has 0 fully saturated rings. The molecule has 0 aliphatic carbocycles. The number of carbonyl (C=O) groups is 1. The average molecular weight is 353 g/mol. The summed E-state index contributed by atoms with van der Waals surface area (Å²) in [6.07, 6.45) is 0. The van der Waals surface area contributed by atoms with Crippen molar-refractivity contribution in [1.29, 1.82) is 0 Å². The summed E-state index contributed by atoms with van der Waals surface area (Å²) in [7, 11) is 0. The first kappa shape index (κ1) is 17.3. The number of hydrogen-bond acceptors (Lipinski definition) is 1. The molecule has 4 heteroatoms. The van der Waals surface area contributed by atoms with Gasteiger partial charge in [-0.3, -0.25) is 4.79 Å². The van der Waals surface area contributed by atoms with E-state index in [1.165, 1.54) is 0 Å². The van der Waals surface area contributed by atoms with Gasteiger partial charge in [-0.05, 0) is 49.6 Å². The number of benzene rings is 2. The molecule has 3 nitrogen and oxygen atoms in total. The lowest BCUT2D eigenvalue weighted by Gasteiger charge is -2.11. The van der Waals surface area contributed by atoms with Crippen LogP contribution in [0.5, 0.6) is 0 Å². The second kappa shape index (κ2) is 6.77. The van der Waals surface area contributed by atoms with Crippen LogP contribution in [0.3, 0.4) is 0 Å². The number of primary amides is 1. The molecule has 0 bridgehead atoms. The highest BCUT2D eigenvalue weighted by Gasteiger charge is 2.23. The summed E-state index contributed by atoms with van der Waals surface area (Å²) < 4.78 is 2.13. The Balaban J connectivity index is 2.20. The molecule has 1 amide bonds. The zero-order chi connectivity index (χ0) is 18.1. The van der Waals surface area contributed by atoms with Crippen LogP contribution in [0.1, 0.15) is 32.9 Å². The fourth-order valence-corrected chi connectivity index (χ4v) is 3.64. The van der Waals surface area contributed by atoms with Crippen molar-refractivity contribution in [3.63, 3.8) is 0 Å². The van der Waals surface area contributed by atoms with Crippen LogP contribution in [0.4, 0.5) is 0 Å². The normalized spacial score (nSPS) is 10.9. The van der Waals surface area contributed by atoms with Gasteiger partial charge >= 0.3 is 0 Å². The lowest BCUT2D eigenvalue weighted by molar-refractivity contribution is 0.1000. The minimum atomic E-state index is -0.399. The minimum absolute atomic E-state index is 0.399. The maximum Gasteiger partial charge on any atom is 0.251 e. The molecular formula is C21H21ClN2O. The molecule has 3 rings (SSSR count). The highest BCUT2D eigenvalue weighted by molar-refractivity contribution is 6.30. The first-order valence-corrected chi connectivity index (χ1v) is 8.58. The van der Waals surface area contributed by atoms with E-state index in [-0.39, 0.29) is 0 Å². The lowest BCUT2D eigenvalue weighted by atomic mass is 9.96. The van der Waals surface area contributed by atoms with Gasteiger partial charge in [-0.1, -0.05) is 48.0 Å². The van der Waals surface area contributed by atoms with Crippen LogP contribution >= 0.6 is 11.6 Å². The monoisotopic (exact) mass is 352 g/mol. The summed E-state index contributed by atoms with van der Waals surface area (Å²) in [5.74, 6) is -0.399. The number of halogens is 1. The third-order valence-electron chi connectivity index (χ3n) is 4.67. The van der Waals surface area contributed by atoms with Gasteiger partial charge in [-0.25, -0.2) is 0 Å². The molecule has 3 aromatic rings.